The number of rotatable bonds is 1. The van der Waals surface area contributed by atoms with E-state index in [1.807, 2.05) is 18.4 Å². The molecule has 56 valence electrons. The van der Waals surface area contributed by atoms with Gasteiger partial charge in [0.25, 0.3) is 0 Å². The lowest BCUT2D eigenvalue weighted by atomic mass is 10.2. The second-order valence-electron chi connectivity index (χ2n) is 1.99. The van der Waals surface area contributed by atoms with Crippen LogP contribution in [-0.2, 0) is 0 Å². The van der Waals surface area contributed by atoms with Gasteiger partial charge in [-0.3, -0.25) is 0 Å². The Hall–Kier alpha value is -0.470. The Labute approximate surface area is 71.0 Å². The average molecular weight is 176 g/mol. The van der Waals surface area contributed by atoms with Crippen molar-refractivity contribution in [3.8, 4) is 0 Å². The summed E-state index contributed by atoms with van der Waals surface area (Å²) in [6, 6.07) is 1.90. The first kappa shape index (κ1) is 9.53. The smallest absolute Gasteiger partial charge is 0.0523 e. The monoisotopic (exact) mass is 175 g/mol. The van der Waals surface area contributed by atoms with Crippen LogP contribution in [0.3, 0.4) is 0 Å². The molecule has 1 rings (SSSR count). The van der Waals surface area contributed by atoms with Gasteiger partial charge in [-0.2, -0.15) is 0 Å². The Kier molecular flexibility index (Phi) is 3.47. The van der Waals surface area contributed by atoms with Crippen LogP contribution >= 0.6 is 23.7 Å². The van der Waals surface area contributed by atoms with Crippen molar-refractivity contribution in [1.29, 1.82) is 0 Å². The molecule has 0 atom stereocenters. The fourth-order valence-corrected chi connectivity index (χ4v) is 1.42. The number of halogens is 1. The summed E-state index contributed by atoms with van der Waals surface area (Å²) in [4.78, 5) is 1.11. The third-order valence-electron chi connectivity index (χ3n) is 1.08. The van der Waals surface area contributed by atoms with Gasteiger partial charge >= 0.3 is 0 Å². The highest BCUT2D eigenvalue weighted by molar-refractivity contribution is 7.11. The van der Waals surface area contributed by atoms with E-state index in [9.17, 15) is 0 Å². The normalized spacial score (nSPS) is 8.50. The van der Waals surface area contributed by atoms with Crippen LogP contribution in [0.25, 0.3) is 5.57 Å². The molecule has 0 saturated carbocycles. The molecule has 0 bridgehead atoms. The molecule has 0 saturated heterocycles. The van der Waals surface area contributed by atoms with Crippen LogP contribution in [0.1, 0.15) is 11.8 Å². The number of anilines is 1. The highest BCUT2D eigenvalue weighted by Gasteiger charge is 1.98. The molecular formula is C7H10ClNS. The minimum Gasteiger partial charge on any atom is -0.398 e. The molecule has 0 fully saturated rings. The minimum absolute atomic E-state index is 0. The van der Waals surface area contributed by atoms with Gasteiger partial charge in [0.05, 0.1) is 4.88 Å². The van der Waals surface area contributed by atoms with Crippen LogP contribution in [0.15, 0.2) is 18.0 Å². The van der Waals surface area contributed by atoms with Gasteiger partial charge in [-0.1, -0.05) is 6.58 Å². The third kappa shape index (κ3) is 1.75. The summed E-state index contributed by atoms with van der Waals surface area (Å²) in [5, 5.41) is 1.97. The van der Waals surface area contributed by atoms with E-state index in [0.717, 1.165) is 16.1 Å². The van der Waals surface area contributed by atoms with Crippen LogP contribution in [0.4, 0.5) is 5.69 Å². The van der Waals surface area contributed by atoms with E-state index in [0.29, 0.717) is 0 Å². The van der Waals surface area contributed by atoms with E-state index in [2.05, 4.69) is 6.58 Å². The quantitative estimate of drug-likeness (QED) is 0.698. The minimum atomic E-state index is 0. The summed E-state index contributed by atoms with van der Waals surface area (Å²) < 4.78 is 0. The lowest BCUT2D eigenvalue weighted by Gasteiger charge is -1.93. The number of allylic oxidation sites excluding steroid dienone is 1. The summed E-state index contributed by atoms with van der Waals surface area (Å²) >= 11 is 1.63. The molecule has 1 nitrogen and oxygen atoms in total. The van der Waals surface area contributed by atoms with Crippen molar-refractivity contribution in [2.45, 2.75) is 6.92 Å². The molecule has 0 aliphatic rings. The summed E-state index contributed by atoms with van der Waals surface area (Å²) in [5.41, 5.74) is 7.48. The number of nitrogens with two attached hydrogens (primary N) is 1. The molecule has 1 aromatic heterocycles. The van der Waals surface area contributed by atoms with Gasteiger partial charge in [0.1, 0.15) is 0 Å². The number of thiophene rings is 1. The van der Waals surface area contributed by atoms with Crippen molar-refractivity contribution in [3.05, 3.63) is 22.9 Å². The molecule has 0 radical (unpaired) electrons. The van der Waals surface area contributed by atoms with Gasteiger partial charge in [0.2, 0.25) is 0 Å². The first-order valence-electron chi connectivity index (χ1n) is 2.70. The van der Waals surface area contributed by atoms with Crippen LogP contribution in [-0.4, -0.2) is 0 Å². The van der Waals surface area contributed by atoms with Crippen molar-refractivity contribution >= 4 is 35.0 Å². The van der Waals surface area contributed by atoms with Crippen LogP contribution in [0, 0.1) is 0 Å². The zero-order valence-corrected chi connectivity index (χ0v) is 7.39. The first-order chi connectivity index (χ1) is 4.22. The number of hydrogen-bond donors (Lipinski definition) is 1. The van der Waals surface area contributed by atoms with Gasteiger partial charge in [-0.25, -0.2) is 0 Å². The SMILES string of the molecule is C=C(C)c1sccc1N.Cl. The number of hydrogen-bond acceptors (Lipinski definition) is 2. The molecule has 0 aliphatic carbocycles. The lowest BCUT2D eigenvalue weighted by molar-refractivity contribution is 1.72. The van der Waals surface area contributed by atoms with E-state index >= 15 is 0 Å². The lowest BCUT2D eigenvalue weighted by Crippen LogP contribution is -1.83. The van der Waals surface area contributed by atoms with Gasteiger partial charge in [0, 0.05) is 5.69 Å². The van der Waals surface area contributed by atoms with Crippen molar-refractivity contribution in [1.82, 2.24) is 0 Å². The van der Waals surface area contributed by atoms with Crippen LogP contribution < -0.4 is 5.73 Å². The van der Waals surface area contributed by atoms with Crippen LogP contribution in [0.2, 0.25) is 0 Å². The highest BCUT2D eigenvalue weighted by atomic mass is 35.5. The summed E-state index contributed by atoms with van der Waals surface area (Å²) in [6.45, 7) is 5.75. The summed E-state index contributed by atoms with van der Waals surface area (Å²) in [5.74, 6) is 0. The van der Waals surface area contributed by atoms with Crippen molar-refractivity contribution in [3.63, 3.8) is 0 Å². The first-order valence-corrected chi connectivity index (χ1v) is 3.58. The molecule has 3 heteroatoms. The molecule has 1 aromatic rings. The molecule has 1 heterocycles. The predicted molar refractivity (Wildman–Crippen MR) is 50.7 cm³/mol. The topological polar surface area (TPSA) is 26.0 Å². The molecule has 0 spiro atoms. The maximum atomic E-state index is 5.59. The molecule has 0 aromatic carbocycles. The van der Waals surface area contributed by atoms with E-state index in [1.165, 1.54) is 0 Å². The third-order valence-corrected chi connectivity index (χ3v) is 2.18. The zero-order chi connectivity index (χ0) is 6.85. The Morgan fingerprint density at radius 1 is 1.70 bits per heavy atom. The fraction of sp³-hybridized carbons (Fsp3) is 0.143. The van der Waals surface area contributed by atoms with Crippen molar-refractivity contribution < 1.29 is 0 Å². The Bertz CT molecular complexity index is 229. The van der Waals surface area contributed by atoms with Crippen molar-refractivity contribution in [2.24, 2.45) is 0 Å². The predicted octanol–water partition coefficient (Wildman–Crippen LogP) is 2.79. The molecule has 2 N–H and O–H groups in total. The van der Waals surface area contributed by atoms with E-state index in [1.54, 1.807) is 11.3 Å². The Morgan fingerprint density at radius 2 is 2.30 bits per heavy atom. The van der Waals surface area contributed by atoms with Crippen LogP contribution in [0.5, 0.6) is 0 Å². The second-order valence-corrected chi connectivity index (χ2v) is 2.90. The van der Waals surface area contributed by atoms with Crippen molar-refractivity contribution in [2.75, 3.05) is 5.73 Å². The molecular weight excluding hydrogens is 166 g/mol. The largest absolute Gasteiger partial charge is 0.398 e. The second kappa shape index (κ2) is 3.64. The van der Waals surface area contributed by atoms with Gasteiger partial charge in [-0.15, -0.1) is 23.7 Å². The number of nitrogen functional groups attached to an aromatic ring is 1. The van der Waals surface area contributed by atoms with Gasteiger partial charge < -0.3 is 5.73 Å². The van der Waals surface area contributed by atoms with E-state index in [4.69, 9.17) is 5.73 Å². The van der Waals surface area contributed by atoms with Gasteiger partial charge in [0.15, 0.2) is 0 Å². The zero-order valence-electron chi connectivity index (χ0n) is 5.76. The molecule has 0 unspecified atom stereocenters. The van der Waals surface area contributed by atoms with E-state index in [-0.39, 0.29) is 12.4 Å². The standard InChI is InChI=1S/C7H9NS.ClH/c1-5(2)7-6(8)3-4-9-7;/h3-4H,1,8H2,2H3;1H. The maximum absolute atomic E-state index is 5.59. The maximum Gasteiger partial charge on any atom is 0.0523 e. The Morgan fingerprint density at radius 3 is 2.50 bits per heavy atom. The highest BCUT2D eigenvalue weighted by Crippen LogP contribution is 2.25. The molecule has 0 aliphatic heterocycles. The van der Waals surface area contributed by atoms with Gasteiger partial charge in [-0.05, 0) is 23.9 Å². The van der Waals surface area contributed by atoms with E-state index < -0.39 is 0 Å². The molecule has 0 amide bonds. The molecule has 10 heavy (non-hydrogen) atoms. The fourth-order valence-electron chi connectivity index (χ4n) is 0.666. The average Bonchev–Trinajstić information content (AvgIpc) is 2.13. The summed E-state index contributed by atoms with van der Waals surface area (Å²) in [7, 11) is 0. The summed E-state index contributed by atoms with van der Waals surface area (Å²) in [6.07, 6.45) is 0. The Balaban J connectivity index is 0.000000810.